The van der Waals surface area contributed by atoms with Crippen molar-refractivity contribution in [3.8, 4) is 0 Å². The molecule has 0 aliphatic heterocycles. The molecule has 0 aromatic heterocycles. The second-order valence-electron chi connectivity index (χ2n) is 4.64. The van der Waals surface area contributed by atoms with Gasteiger partial charge in [0.1, 0.15) is 5.69 Å². The lowest BCUT2D eigenvalue weighted by atomic mass is 9.97. The van der Waals surface area contributed by atoms with Gasteiger partial charge in [0.25, 0.3) is 11.6 Å². The molecule has 0 atom stereocenters. The van der Waals surface area contributed by atoms with Gasteiger partial charge < -0.3 is 20.8 Å². The van der Waals surface area contributed by atoms with Crippen molar-refractivity contribution in [3.63, 3.8) is 0 Å². The topological polar surface area (TPSA) is 125 Å². The third-order valence-corrected chi connectivity index (χ3v) is 3.36. The first kappa shape index (κ1) is 16.9. The Morgan fingerprint density at radius 2 is 2.00 bits per heavy atom. The second kappa shape index (κ2) is 7.00. The van der Waals surface area contributed by atoms with Crippen LogP contribution in [0.1, 0.15) is 23.7 Å². The molecular weight excluding hydrogens is 278 g/mol. The van der Waals surface area contributed by atoms with Crippen LogP contribution >= 0.6 is 0 Å². The van der Waals surface area contributed by atoms with Crippen molar-refractivity contribution in [2.45, 2.75) is 18.9 Å². The molecule has 21 heavy (non-hydrogen) atoms. The molecule has 0 saturated carbocycles. The minimum atomic E-state index is -1.09. The van der Waals surface area contributed by atoms with Gasteiger partial charge in [-0.05, 0) is 18.6 Å². The molecule has 0 bridgehead atoms. The first-order chi connectivity index (χ1) is 9.92. The number of aliphatic hydroxyl groups excluding tert-OH is 2. The van der Waals surface area contributed by atoms with Crippen LogP contribution in [0.15, 0.2) is 18.2 Å². The summed E-state index contributed by atoms with van der Waals surface area (Å²) in [4.78, 5) is 22.1. The van der Waals surface area contributed by atoms with E-state index in [1.165, 1.54) is 25.2 Å². The summed E-state index contributed by atoms with van der Waals surface area (Å²) >= 11 is 0. The third-order valence-electron chi connectivity index (χ3n) is 3.36. The Morgan fingerprint density at radius 1 is 1.38 bits per heavy atom. The predicted octanol–water partition coefficient (Wildman–Crippen LogP) is 0.500. The molecule has 0 fully saturated rings. The first-order valence-electron chi connectivity index (χ1n) is 6.43. The van der Waals surface area contributed by atoms with Gasteiger partial charge in [-0.25, -0.2) is 0 Å². The van der Waals surface area contributed by atoms with Crippen LogP contribution < -0.4 is 10.6 Å². The van der Waals surface area contributed by atoms with Gasteiger partial charge in [0.2, 0.25) is 0 Å². The van der Waals surface area contributed by atoms with Gasteiger partial charge in [-0.3, -0.25) is 14.9 Å². The summed E-state index contributed by atoms with van der Waals surface area (Å²) in [5, 5.41) is 35.1. The number of hydrogen-bond donors (Lipinski definition) is 4. The van der Waals surface area contributed by atoms with Crippen molar-refractivity contribution in [2.75, 3.05) is 25.6 Å². The molecular formula is C13H19N3O5. The molecule has 1 aromatic carbocycles. The molecule has 116 valence electrons. The van der Waals surface area contributed by atoms with Gasteiger partial charge in [0.05, 0.1) is 23.7 Å². The van der Waals surface area contributed by atoms with Crippen LogP contribution in [0, 0.1) is 10.1 Å². The zero-order chi connectivity index (χ0) is 16.0. The highest BCUT2D eigenvalue weighted by Crippen LogP contribution is 2.29. The zero-order valence-corrected chi connectivity index (χ0v) is 11.9. The second-order valence-corrected chi connectivity index (χ2v) is 4.64. The minimum absolute atomic E-state index is 0.0750. The highest BCUT2D eigenvalue weighted by Gasteiger charge is 2.29. The summed E-state index contributed by atoms with van der Waals surface area (Å²) in [5.41, 5.74) is -1.01. The maximum atomic E-state index is 11.6. The Bertz CT molecular complexity index is 520. The molecule has 0 aliphatic carbocycles. The average molecular weight is 297 g/mol. The van der Waals surface area contributed by atoms with Gasteiger partial charge in [0.15, 0.2) is 0 Å². The van der Waals surface area contributed by atoms with E-state index >= 15 is 0 Å². The fourth-order valence-corrected chi connectivity index (χ4v) is 1.81. The molecule has 0 aliphatic rings. The number of nitrogens with one attached hydrogen (secondary N) is 2. The van der Waals surface area contributed by atoms with Crippen molar-refractivity contribution in [1.29, 1.82) is 0 Å². The molecule has 8 nitrogen and oxygen atoms in total. The maximum absolute atomic E-state index is 11.6. The number of aliphatic hydroxyl groups is 2. The normalized spacial score (nSPS) is 11.0. The molecule has 0 unspecified atom stereocenters. The number of rotatable bonds is 7. The van der Waals surface area contributed by atoms with E-state index in [-0.39, 0.29) is 22.8 Å². The Balaban J connectivity index is 3.29. The highest BCUT2D eigenvalue weighted by molar-refractivity contribution is 5.95. The predicted molar refractivity (Wildman–Crippen MR) is 77.3 cm³/mol. The van der Waals surface area contributed by atoms with E-state index in [0.29, 0.717) is 6.42 Å². The molecule has 4 N–H and O–H groups in total. The van der Waals surface area contributed by atoms with Crippen LogP contribution in [-0.4, -0.2) is 46.8 Å². The maximum Gasteiger partial charge on any atom is 0.292 e. The van der Waals surface area contributed by atoms with Crippen LogP contribution in [0.5, 0.6) is 0 Å². The number of anilines is 1. The Morgan fingerprint density at radius 3 is 2.43 bits per heavy atom. The fourth-order valence-electron chi connectivity index (χ4n) is 1.81. The molecule has 1 aromatic rings. The number of nitro benzene ring substituents is 1. The molecule has 8 heteroatoms. The van der Waals surface area contributed by atoms with E-state index in [2.05, 4.69) is 10.6 Å². The van der Waals surface area contributed by atoms with E-state index in [0.717, 1.165) is 0 Å². The van der Waals surface area contributed by atoms with E-state index < -0.39 is 23.7 Å². The van der Waals surface area contributed by atoms with Crippen LogP contribution in [-0.2, 0) is 0 Å². The van der Waals surface area contributed by atoms with E-state index in [1.54, 1.807) is 6.92 Å². The number of nitro groups is 1. The quantitative estimate of drug-likeness (QED) is 0.429. The van der Waals surface area contributed by atoms with Gasteiger partial charge in [-0.1, -0.05) is 6.92 Å². The number of nitrogens with zero attached hydrogens (tertiary/aromatic N) is 1. The van der Waals surface area contributed by atoms with Crippen LogP contribution in [0.25, 0.3) is 0 Å². The zero-order valence-electron chi connectivity index (χ0n) is 11.9. The molecule has 0 spiro atoms. The third kappa shape index (κ3) is 3.67. The van der Waals surface area contributed by atoms with E-state index in [9.17, 15) is 25.1 Å². The van der Waals surface area contributed by atoms with Crippen molar-refractivity contribution < 1.29 is 19.9 Å². The number of hydrogen-bond acceptors (Lipinski definition) is 6. The first-order valence-corrected chi connectivity index (χ1v) is 6.43. The molecule has 0 heterocycles. The average Bonchev–Trinajstić information content (AvgIpc) is 2.51. The van der Waals surface area contributed by atoms with E-state index in [4.69, 9.17) is 0 Å². The van der Waals surface area contributed by atoms with E-state index in [1.807, 2.05) is 0 Å². The fraction of sp³-hybridized carbons (Fsp3) is 0.462. The Hall–Kier alpha value is -2.19. The number of benzene rings is 1. The molecule has 0 saturated heterocycles. The van der Waals surface area contributed by atoms with Gasteiger partial charge in [0, 0.05) is 18.7 Å². The standard InChI is InChI=1S/C13H19N3O5/c1-3-13(7-17,8-18)15-10-6-9(12(19)14-2)4-5-11(10)16(20)21/h4-6,15,17-18H,3,7-8H2,1-2H3,(H,14,19). The van der Waals surface area contributed by atoms with Crippen LogP contribution in [0.4, 0.5) is 11.4 Å². The summed E-state index contributed by atoms with van der Waals surface area (Å²) < 4.78 is 0. The highest BCUT2D eigenvalue weighted by atomic mass is 16.6. The molecule has 0 radical (unpaired) electrons. The minimum Gasteiger partial charge on any atom is -0.394 e. The summed E-state index contributed by atoms with van der Waals surface area (Å²) in [7, 11) is 1.45. The smallest absolute Gasteiger partial charge is 0.292 e. The summed E-state index contributed by atoms with van der Waals surface area (Å²) in [6, 6.07) is 3.88. The Kier molecular flexibility index (Phi) is 5.62. The lowest BCUT2D eigenvalue weighted by molar-refractivity contribution is -0.384. The summed E-state index contributed by atoms with van der Waals surface area (Å²) in [6.45, 7) is 0.927. The van der Waals surface area contributed by atoms with Crippen molar-refractivity contribution in [3.05, 3.63) is 33.9 Å². The van der Waals surface area contributed by atoms with Crippen molar-refractivity contribution >= 4 is 17.3 Å². The summed E-state index contributed by atoms with van der Waals surface area (Å²) in [6.07, 6.45) is 0.349. The lowest BCUT2D eigenvalue weighted by Crippen LogP contribution is -2.45. The molecule has 1 rings (SSSR count). The SMILES string of the molecule is CCC(CO)(CO)Nc1cc(C(=O)NC)ccc1[N+](=O)[O-]. The van der Waals surface area contributed by atoms with Gasteiger partial charge >= 0.3 is 0 Å². The van der Waals surface area contributed by atoms with Crippen molar-refractivity contribution in [2.24, 2.45) is 0 Å². The van der Waals surface area contributed by atoms with Crippen LogP contribution in [0.3, 0.4) is 0 Å². The monoisotopic (exact) mass is 297 g/mol. The Labute approximate surface area is 121 Å². The number of carbonyl (C=O) groups is 1. The van der Waals surface area contributed by atoms with Crippen molar-refractivity contribution in [1.82, 2.24) is 5.32 Å². The summed E-state index contributed by atoms with van der Waals surface area (Å²) in [5.74, 6) is -0.386. The molecule has 1 amide bonds. The largest absolute Gasteiger partial charge is 0.394 e. The number of amides is 1. The van der Waals surface area contributed by atoms with Crippen LogP contribution in [0.2, 0.25) is 0 Å². The lowest BCUT2D eigenvalue weighted by Gasteiger charge is -2.30. The number of carbonyl (C=O) groups excluding carboxylic acids is 1. The van der Waals surface area contributed by atoms with Gasteiger partial charge in [-0.2, -0.15) is 0 Å². The van der Waals surface area contributed by atoms with Gasteiger partial charge in [-0.15, -0.1) is 0 Å².